The van der Waals surface area contributed by atoms with E-state index in [1.54, 1.807) is 36.4 Å². The van der Waals surface area contributed by atoms with Crippen LogP contribution in [0, 0.1) is 6.92 Å². The summed E-state index contributed by atoms with van der Waals surface area (Å²) in [5.74, 6) is 0.113. The van der Waals surface area contributed by atoms with Crippen molar-refractivity contribution in [1.29, 1.82) is 0 Å². The van der Waals surface area contributed by atoms with Gasteiger partial charge in [-0.3, -0.25) is 14.4 Å². The molecule has 1 aliphatic rings. The number of benzene rings is 3. The first kappa shape index (κ1) is 24.8. The highest BCUT2D eigenvalue weighted by molar-refractivity contribution is 7.92. The van der Waals surface area contributed by atoms with Gasteiger partial charge in [-0.25, -0.2) is 8.42 Å². The second-order valence-electron chi connectivity index (χ2n) is 8.84. The molecule has 1 saturated heterocycles. The number of hydrogen-bond donors (Lipinski definition) is 2. The van der Waals surface area contributed by atoms with Crippen LogP contribution in [0.25, 0.3) is 0 Å². The standard InChI is InChI=1S/C27H31N3O4S/c1-20-8-11-24(12-9-20)35(32,33)29-23-10-13-26(34-2)25(18-23)27(31)28-22-14-16-30(17-15-22)19-21-6-4-3-5-7-21/h3-13,18,22,29H,14-17,19H2,1-2H3,(H,28,31). The number of likely N-dealkylation sites (tertiary alicyclic amines) is 1. The third-order valence-electron chi connectivity index (χ3n) is 6.20. The summed E-state index contributed by atoms with van der Waals surface area (Å²) in [5, 5.41) is 3.10. The van der Waals surface area contributed by atoms with Gasteiger partial charge in [0.1, 0.15) is 5.75 Å². The molecular weight excluding hydrogens is 462 g/mol. The van der Waals surface area contributed by atoms with Crippen LogP contribution in [0.1, 0.15) is 34.3 Å². The minimum absolute atomic E-state index is 0.0483. The van der Waals surface area contributed by atoms with Crippen LogP contribution in [0.3, 0.4) is 0 Å². The van der Waals surface area contributed by atoms with Crippen molar-refractivity contribution >= 4 is 21.6 Å². The molecule has 0 bridgehead atoms. The Hall–Kier alpha value is -3.36. The van der Waals surface area contributed by atoms with Crippen LogP contribution in [0.15, 0.2) is 77.7 Å². The fourth-order valence-corrected chi connectivity index (χ4v) is 5.27. The summed E-state index contributed by atoms with van der Waals surface area (Å²) in [6, 6.07) is 21.7. The van der Waals surface area contributed by atoms with Gasteiger partial charge >= 0.3 is 0 Å². The topological polar surface area (TPSA) is 87.7 Å². The highest BCUT2D eigenvalue weighted by Gasteiger charge is 2.23. The Kier molecular flexibility index (Phi) is 7.73. The summed E-state index contributed by atoms with van der Waals surface area (Å²) < 4.78 is 33.5. The largest absolute Gasteiger partial charge is 0.496 e. The molecule has 0 aliphatic carbocycles. The molecule has 1 aliphatic heterocycles. The van der Waals surface area contributed by atoms with Crippen LogP contribution in [-0.4, -0.2) is 45.5 Å². The van der Waals surface area contributed by atoms with Gasteiger partial charge in [0.15, 0.2) is 0 Å². The third-order valence-corrected chi connectivity index (χ3v) is 7.60. The molecule has 0 radical (unpaired) electrons. The van der Waals surface area contributed by atoms with Gasteiger partial charge in [0.25, 0.3) is 15.9 Å². The monoisotopic (exact) mass is 493 g/mol. The Bertz CT molecular complexity index is 1250. The number of ether oxygens (including phenoxy) is 1. The van der Waals surface area contributed by atoms with Crippen molar-refractivity contribution in [3.63, 3.8) is 0 Å². The van der Waals surface area contributed by atoms with Gasteiger partial charge in [-0.2, -0.15) is 0 Å². The Morgan fingerprint density at radius 3 is 2.34 bits per heavy atom. The van der Waals surface area contributed by atoms with E-state index in [4.69, 9.17) is 4.74 Å². The highest BCUT2D eigenvalue weighted by Crippen LogP contribution is 2.25. The lowest BCUT2D eigenvalue weighted by Crippen LogP contribution is -2.44. The lowest BCUT2D eigenvalue weighted by Gasteiger charge is -2.32. The van der Waals surface area contributed by atoms with Crippen LogP contribution in [-0.2, 0) is 16.6 Å². The number of carbonyl (C=O) groups is 1. The van der Waals surface area contributed by atoms with Gasteiger partial charge in [-0.05, 0) is 55.7 Å². The molecule has 2 N–H and O–H groups in total. The van der Waals surface area contributed by atoms with E-state index in [9.17, 15) is 13.2 Å². The number of nitrogens with one attached hydrogen (secondary N) is 2. The van der Waals surface area contributed by atoms with Crippen LogP contribution in [0.5, 0.6) is 5.75 Å². The number of rotatable bonds is 8. The molecule has 3 aromatic rings. The quantitative estimate of drug-likeness (QED) is 0.491. The summed E-state index contributed by atoms with van der Waals surface area (Å²) in [5.41, 5.74) is 2.85. The van der Waals surface area contributed by atoms with Crippen molar-refractivity contribution in [3.8, 4) is 5.75 Å². The van der Waals surface area contributed by atoms with Crippen molar-refractivity contribution in [2.75, 3.05) is 24.9 Å². The Morgan fingerprint density at radius 1 is 1.00 bits per heavy atom. The van der Waals surface area contributed by atoms with Gasteiger partial charge in [0, 0.05) is 31.4 Å². The second-order valence-corrected chi connectivity index (χ2v) is 10.5. The molecule has 4 rings (SSSR count). The number of hydrogen-bond acceptors (Lipinski definition) is 5. The maximum absolute atomic E-state index is 13.1. The van der Waals surface area contributed by atoms with E-state index in [1.165, 1.54) is 18.7 Å². The zero-order valence-corrected chi connectivity index (χ0v) is 20.8. The molecule has 0 unspecified atom stereocenters. The van der Waals surface area contributed by atoms with Gasteiger partial charge in [-0.15, -0.1) is 0 Å². The van der Waals surface area contributed by atoms with E-state index in [1.807, 2.05) is 25.1 Å². The lowest BCUT2D eigenvalue weighted by molar-refractivity contribution is 0.0906. The second kappa shape index (κ2) is 10.9. The van der Waals surface area contributed by atoms with Crippen molar-refractivity contribution in [2.45, 2.75) is 37.2 Å². The van der Waals surface area contributed by atoms with E-state index >= 15 is 0 Å². The number of piperidine rings is 1. The highest BCUT2D eigenvalue weighted by atomic mass is 32.2. The first-order valence-electron chi connectivity index (χ1n) is 11.7. The molecule has 8 heteroatoms. The molecule has 7 nitrogen and oxygen atoms in total. The minimum atomic E-state index is -3.78. The first-order valence-corrected chi connectivity index (χ1v) is 13.2. The summed E-state index contributed by atoms with van der Waals surface area (Å²) in [6.07, 6.45) is 1.70. The van der Waals surface area contributed by atoms with Gasteiger partial charge < -0.3 is 10.1 Å². The summed E-state index contributed by atoms with van der Waals surface area (Å²) in [7, 11) is -2.29. The average Bonchev–Trinajstić information content (AvgIpc) is 2.86. The average molecular weight is 494 g/mol. The zero-order chi connectivity index (χ0) is 24.8. The predicted octanol–water partition coefficient (Wildman–Crippen LogP) is 4.20. The molecule has 184 valence electrons. The predicted molar refractivity (Wildman–Crippen MR) is 137 cm³/mol. The molecule has 3 aromatic carbocycles. The van der Waals surface area contributed by atoms with Crippen molar-refractivity contribution < 1.29 is 17.9 Å². The van der Waals surface area contributed by atoms with Crippen molar-refractivity contribution in [1.82, 2.24) is 10.2 Å². The Labute approximate surface area is 207 Å². The lowest BCUT2D eigenvalue weighted by atomic mass is 10.0. The van der Waals surface area contributed by atoms with Crippen LogP contribution < -0.4 is 14.8 Å². The molecule has 0 aromatic heterocycles. The normalized spacial score (nSPS) is 14.9. The number of amides is 1. The number of anilines is 1. The third kappa shape index (κ3) is 6.41. The van der Waals surface area contributed by atoms with E-state index < -0.39 is 10.0 Å². The Balaban J connectivity index is 1.40. The molecule has 0 atom stereocenters. The Morgan fingerprint density at radius 2 is 1.69 bits per heavy atom. The van der Waals surface area contributed by atoms with Crippen molar-refractivity contribution in [2.24, 2.45) is 0 Å². The summed E-state index contributed by atoms with van der Waals surface area (Å²) in [6.45, 7) is 4.59. The maximum atomic E-state index is 13.1. The van der Waals surface area contributed by atoms with Crippen molar-refractivity contribution in [3.05, 3.63) is 89.5 Å². The van der Waals surface area contributed by atoms with Crippen LogP contribution >= 0.6 is 0 Å². The number of aryl methyl sites for hydroxylation is 1. The minimum Gasteiger partial charge on any atom is -0.496 e. The van der Waals surface area contributed by atoms with Gasteiger partial charge in [0.2, 0.25) is 0 Å². The van der Waals surface area contributed by atoms with Gasteiger partial charge in [-0.1, -0.05) is 48.0 Å². The van der Waals surface area contributed by atoms with E-state index in [0.29, 0.717) is 17.0 Å². The molecule has 0 saturated carbocycles. The molecule has 1 fully saturated rings. The zero-order valence-electron chi connectivity index (χ0n) is 20.0. The number of carbonyl (C=O) groups excluding carboxylic acids is 1. The van der Waals surface area contributed by atoms with E-state index in [-0.39, 0.29) is 16.8 Å². The van der Waals surface area contributed by atoms with E-state index in [2.05, 4.69) is 27.1 Å². The smallest absolute Gasteiger partial charge is 0.261 e. The fourth-order valence-electron chi connectivity index (χ4n) is 4.22. The summed E-state index contributed by atoms with van der Waals surface area (Å²) in [4.78, 5) is 15.7. The summed E-state index contributed by atoms with van der Waals surface area (Å²) >= 11 is 0. The SMILES string of the molecule is COc1ccc(NS(=O)(=O)c2ccc(C)cc2)cc1C(=O)NC1CCN(Cc2ccccc2)CC1. The van der Waals surface area contributed by atoms with Crippen LogP contribution in [0.2, 0.25) is 0 Å². The molecule has 1 heterocycles. The van der Waals surface area contributed by atoms with E-state index in [0.717, 1.165) is 38.0 Å². The first-order chi connectivity index (χ1) is 16.8. The number of methoxy groups -OCH3 is 1. The maximum Gasteiger partial charge on any atom is 0.261 e. The molecule has 1 amide bonds. The number of nitrogens with zero attached hydrogens (tertiary/aromatic N) is 1. The number of sulfonamides is 1. The van der Waals surface area contributed by atoms with Gasteiger partial charge in [0.05, 0.1) is 17.6 Å². The molecule has 0 spiro atoms. The molecule has 35 heavy (non-hydrogen) atoms. The molecular formula is C27H31N3O4S. The van der Waals surface area contributed by atoms with Crippen LogP contribution in [0.4, 0.5) is 5.69 Å². The fraction of sp³-hybridized carbons (Fsp3) is 0.296.